The Morgan fingerprint density at radius 3 is 2.46 bits per heavy atom. The average Bonchev–Trinajstić information content (AvgIpc) is 3.08. The second-order valence-corrected chi connectivity index (χ2v) is 7.62. The van der Waals surface area contributed by atoms with Crippen LogP contribution in [0.25, 0.3) is 22.4 Å². The highest BCUT2D eigenvalue weighted by Crippen LogP contribution is 2.25. The van der Waals surface area contributed by atoms with Gasteiger partial charge in [-0.3, -0.25) is 4.79 Å². The van der Waals surface area contributed by atoms with Gasteiger partial charge in [0.25, 0.3) is 5.91 Å². The van der Waals surface area contributed by atoms with Crippen molar-refractivity contribution in [2.75, 3.05) is 6.54 Å². The summed E-state index contributed by atoms with van der Waals surface area (Å²) in [6, 6.07) is 23.8. The summed E-state index contributed by atoms with van der Waals surface area (Å²) in [7, 11) is 0. The number of benzene rings is 3. The molecule has 0 radical (unpaired) electrons. The Labute approximate surface area is 172 Å². The van der Waals surface area contributed by atoms with Gasteiger partial charge in [-0.05, 0) is 43.3 Å². The molecule has 0 atom stereocenters. The summed E-state index contributed by atoms with van der Waals surface area (Å²) in [4.78, 5) is 17.2. The highest BCUT2D eigenvalue weighted by Gasteiger charge is 2.13. The minimum absolute atomic E-state index is 0.0752. The number of carbonyl (C=O) groups is 1. The molecule has 0 saturated carbocycles. The summed E-state index contributed by atoms with van der Waals surface area (Å²) in [5, 5.41) is 3.01. The number of aromatic nitrogens is 2. The monoisotopic (exact) mass is 433 g/mol. The number of hydrogen-bond acceptors (Lipinski definition) is 2. The van der Waals surface area contributed by atoms with Gasteiger partial charge in [-0.2, -0.15) is 0 Å². The molecule has 1 heterocycles. The second-order valence-electron chi connectivity index (χ2n) is 6.70. The molecular weight excluding hydrogens is 414 g/mol. The number of nitrogens with one attached hydrogen (secondary N) is 1. The van der Waals surface area contributed by atoms with Gasteiger partial charge in [-0.15, -0.1) is 0 Å². The van der Waals surface area contributed by atoms with Crippen molar-refractivity contribution in [3.05, 3.63) is 88.4 Å². The van der Waals surface area contributed by atoms with Gasteiger partial charge in [-0.25, -0.2) is 4.98 Å². The van der Waals surface area contributed by atoms with E-state index in [9.17, 15) is 4.79 Å². The van der Waals surface area contributed by atoms with E-state index in [1.165, 1.54) is 5.56 Å². The molecule has 0 aliphatic carbocycles. The molecule has 0 saturated heterocycles. The van der Waals surface area contributed by atoms with E-state index in [1.54, 1.807) is 0 Å². The van der Waals surface area contributed by atoms with Crippen molar-refractivity contribution >= 4 is 32.9 Å². The quantitative estimate of drug-likeness (QED) is 0.469. The normalized spacial score (nSPS) is 10.9. The lowest BCUT2D eigenvalue weighted by Gasteiger charge is -2.11. The summed E-state index contributed by atoms with van der Waals surface area (Å²) in [5.74, 6) is 0.841. The summed E-state index contributed by atoms with van der Waals surface area (Å²) < 4.78 is 3.12. The molecule has 1 N–H and O–H groups in total. The van der Waals surface area contributed by atoms with Crippen LogP contribution in [-0.2, 0) is 6.54 Å². The lowest BCUT2D eigenvalue weighted by molar-refractivity contribution is 0.0952. The number of carbonyl (C=O) groups excluding carboxylic acids is 1. The van der Waals surface area contributed by atoms with Crippen LogP contribution in [-0.4, -0.2) is 22.0 Å². The summed E-state index contributed by atoms with van der Waals surface area (Å²) in [5.41, 5.74) is 4.96. The minimum atomic E-state index is -0.0752. The van der Waals surface area contributed by atoms with Crippen molar-refractivity contribution in [1.82, 2.24) is 14.9 Å². The molecule has 1 aromatic heterocycles. The first-order chi connectivity index (χ1) is 13.6. The van der Waals surface area contributed by atoms with Crippen molar-refractivity contribution < 1.29 is 4.79 Å². The highest BCUT2D eigenvalue weighted by molar-refractivity contribution is 9.10. The summed E-state index contributed by atoms with van der Waals surface area (Å²) in [6.07, 6.45) is 0. The van der Waals surface area contributed by atoms with Crippen LogP contribution in [0.4, 0.5) is 0 Å². The van der Waals surface area contributed by atoms with Crippen LogP contribution in [0, 0.1) is 6.92 Å². The second kappa shape index (κ2) is 7.98. The van der Waals surface area contributed by atoms with Crippen LogP contribution >= 0.6 is 15.9 Å². The van der Waals surface area contributed by atoms with Crippen LogP contribution < -0.4 is 5.32 Å². The van der Waals surface area contributed by atoms with E-state index < -0.39 is 0 Å². The van der Waals surface area contributed by atoms with E-state index in [1.807, 2.05) is 42.5 Å². The van der Waals surface area contributed by atoms with Crippen molar-refractivity contribution in [2.24, 2.45) is 0 Å². The van der Waals surface area contributed by atoms with Crippen molar-refractivity contribution in [2.45, 2.75) is 13.5 Å². The van der Waals surface area contributed by atoms with Crippen molar-refractivity contribution in [3.8, 4) is 11.4 Å². The van der Waals surface area contributed by atoms with Crippen molar-refractivity contribution in [3.63, 3.8) is 0 Å². The maximum Gasteiger partial charge on any atom is 0.251 e. The molecule has 0 aliphatic heterocycles. The lowest BCUT2D eigenvalue weighted by atomic mass is 10.1. The number of amides is 1. The largest absolute Gasteiger partial charge is 0.350 e. The topological polar surface area (TPSA) is 46.9 Å². The molecule has 5 heteroatoms. The zero-order valence-corrected chi connectivity index (χ0v) is 17.1. The summed E-state index contributed by atoms with van der Waals surface area (Å²) >= 11 is 3.39. The van der Waals surface area contributed by atoms with Gasteiger partial charge >= 0.3 is 0 Å². The third kappa shape index (κ3) is 3.85. The molecule has 3 aromatic carbocycles. The average molecular weight is 434 g/mol. The number of fused-ring (bicyclic) bond motifs is 1. The Morgan fingerprint density at radius 2 is 1.71 bits per heavy atom. The van der Waals surface area contributed by atoms with Gasteiger partial charge in [-0.1, -0.05) is 57.9 Å². The minimum Gasteiger partial charge on any atom is -0.350 e. The first-order valence-electron chi connectivity index (χ1n) is 9.18. The van der Waals surface area contributed by atoms with Crippen LogP contribution in [0.1, 0.15) is 15.9 Å². The molecule has 0 spiro atoms. The fraction of sp³-hybridized carbons (Fsp3) is 0.130. The maximum absolute atomic E-state index is 12.4. The molecular formula is C23H20BrN3O. The van der Waals surface area contributed by atoms with Crippen LogP contribution in [0.15, 0.2) is 77.3 Å². The molecule has 4 rings (SSSR count). The van der Waals surface area contributed by atoms with Gasteiger partial charge in [0, 0.05) is 28.7 Å². The van der Waals surface area contributed by atoms with E-state index >= 15 is 0 Å². The number of halogens is 1. The van der Waals surface area contributed by atoms with Crippen molar-refractivity contribution in [1.29, 1.82) is 0 Å². The van der Waals surface area contributed by atoms with Crippen LogP contribution in [0.5, 0.6) is 0 Å². The number of para-hydroxylation sites is 2. The van der Waals surface area contributed by atoms with Crippen LogP contribution in [0.2, 0.25) is 0 Å². The number of imidazole rings is 1. The Balaban J connectivity index is 1.57. The SMILES string of the molecule is Cc1ccc(-c2nc3ccccc3n2CCNC(=O)c2ccc(Br)cc2)cc1. The number of aryl methyl sites for hydroxylation is 1. The summed E-state index contributed by atoms with van der Waals surface area (Å²) in [6.45, 7) is 3.24. The molecule has 140 valence electrons. The van der Waals surface area contributed by atoms with Gasteiger partial charge in [0.1, 0.15) is 5.82 Å². The molecule has 0 bridgehead atoms. The molecule has 0 unspecified atom stereocenters. The Bertz CT molecular complexity index is 1120. The number of hydrogen-bond donors (Lipinski definition) is 1. The molecule has 1 amide bonds. The highest BCUT2D eigenvalue weighted by atomic mass is 79.9. The lowest BCUT2D eigenvalue weighted by Crippen LogP contribution is -2.27. The first kappa shape index (κ1) is 18.4. The van der Waals surface area contributed by atoms with Gasteiger partial charge in [0.15, 0.2) is 0 Å². The Kier molecular flexibility index (Phi) is 5.26. The fourth-order valence-corrected chi connectivity index (χ4v) is 3.47. The van der Waals surface area contributed by atoms with E-state index in [0.29, 0.717) is 18.7 Å². The standard InChI is InChI=1S/C23H20BrN3O/c1-16-6-8-17(9-7-16)22-26-20-4-2-3-5-21(20)27(22)15-14-25-23(28)18-10-12-19(24)13-11-18/h2-13H,14-15H2,1H3,(H,25,28). The Hall–Kier alpha value is -2.92. The third-order valence-electron chi connectivity index (χ3n) is 4.69. The molecule has 0 aliphatic rings. The zero-order chi connectivity index (χ0) is 19.5. The zero-order valence-electron chi connectivity index (χ0n) is 15.5. The molecule has 0 fully saturated rings. The van der Waals surface area contributed by atoms with Crippen LogP contribution in [0.3, 0.4) is 0 Å². The van der Waals surface area contributed by atoms with E-state index in [2.05, 4.69) is 63.1 Å². The van der Waals surface area contributed by atoms with E-state index in [-0.39, 0.29) is 5.91 Å². The van der Waals surface area contributed by atoms with E-state index in [4.69, 9.17) is 4.98 Å². The molecule has 4 aromatic rings. The third-order valence-corrected chi connectivity index (χ3v) is 5.22. The molecule has 28 heavy (non-hydrogen) atoms. The maximum atomic E-state index is 12.4. The number of nitrogens with zero attached hydrogens (tertiary/aromatic N) is 2. The fourth-order valence-electron chi connectivity index (χ4n) is 3.21. The number of rotatable bonds is 5. The molecule has 4 nitrogen and oxygen atoms in total. The first-order valence-corrected chi connectivity index (χ1v) is 9.97. The smallest absolute Gasteiger partial charge is 0.251 e. The van der Waals surface area contributed by atoms with Gasteiger partial charge < -0.3 is 9.88 Å². The predicted octanol–water partition coefficient (Wildman–Crippen LogP) is 5.20. The predicted molar refractivity (Wildman–Crippen MR) is 116 cm³/mol. The van der Waals surface area contributed by atoms with Gasteiger partial charge in [0.2, 0.25) is 0 Å². The Morgan fingerprint density at radius 1 is 1.00 bits per heavy atom. The van der Waals surface area contributed by atoms with Gasteiger partial charge in [0.05, 0.1) is 11.0 Å². The van der Waals surface area contributed by atoms with E-state index in [0.717, 1.165) is 26.9 Å².